The number of ether oxygens (including phenoxy) is 1. The minimum Gasteiger partial charge on any atom is -0.488 e. The second-order valence-corrected chi connectivity index (χ2v) is 3.90. The molecule has 0 saturated carbocycles. The molecule has 0 heterocycles. The third-order valence-electron chi connectivity index (χ3n) is 2.55. The van der Waals surface area contributed by atoms with Gasteiger partial charge >= 0.3 is 0 Å². The Morgan fingerprint density at radius 2 is 2.00 bits per heavy atom. The second kappa shape index (κ2) is 5.86. The van der Waals surface area contributed by atoms with E-state index in [1.807, 2.05) is 0 Å². The number of amidine groups is 1. The molecule has 0 atom stereocenters. The fraction of sp³-hybridized carbons (Fsp3) is 0.0714. The molecular formula is C14H13FN2O2. The number of nitrogens with two attached hydrogens (primary N) is 1. The van der Waals surface area contributed by atoms with Gasteiger partial charge in [0.2, 0.25) is 0 Å². The summed E-state index contributed by atoms with van der Waals surface area (Å²) in [4.78, 5) is 0. The van der Waals surface area contributed by atoms with Gasteiger partial charge in [0.05, 0.1) is 5.56 Å². The Balaban J connectivity index is 2.16. The van der Waals surface area contributed by atoms with Gasteiger partial charge in [-0.15, -0.1) is 0 Å². The Morgan fingerprint density at radius 1 is 1.21 bits per heavy atom. The van der Waals surface area contributed by atoms with Crippen molar-refractivity contribution in [3.63, 3.8) is 0 Å². The van der Waals surface area contributed by atoms with E-state index in [0.29, 0.717) is 16.9 Å². The molecule has 2 aromatic rings. The Labute approximate surface area is 109 Å². The van der Waals surface area contributed by atoms with Gasteiger partial charge in [0.25, 0.3) is 0 Å². The van der Waals surface area contributed by atoms with Gasteiger partial charge in [-0.25, -0.2) is 4.39 Å². The van der Waals surface area contributed by atoms with Gasteiger partial charge < -0.3 is 15.7 Å². The van der Waals surface area contributed by atoms with Crippen LogP contribution in [0.25, 0.3) is 0 Å². The van der Waals surface area contributed by atoms with Crippen molar-refractivity contribution in [2.75, 3.05) is 0 Å². The molecule has 98 valence electrons. The van der Waals surface area contributed by atoms with E-state index in [0.717, 1.165) is 0 Å². The predicted octanol–water partition coefficient (Wildman–Crippen LogP) is 2.50. The molecule has 5 heteroatoms. The first-order chi connectivity index (χ1) is 9.20. The van der Waals surface area contributed by atoms with E-state index in [2.05, 4.69) is 5.16 Å². The van der Waals surface area contributed by atoms with E-state index in [-0.39, 0.29) is 18.3 Å². The quantitative estimate of drug-likeness (QED) is 0.384. The van der Waals surface area contributed by atoms with Crippen molar-refractivity contribution in [1.29, 1.82) is 0 Å². The number of halogens is 1. The number of para-hydroxylation sites is 1. The maximum absolute atomic E-state index is 13.0. The smallest absolute Gasteiger partial charge is 0.173 e. The van der Waals surface area contributed by atoms with Crippen molar-refractivity contribution in [3.8, 4) is 5.75 Å². The second-order valence-electron chi connectivity index (χ2n) is 3.90. The van der Waals surface area contributed by atoms with E-state index >= 15 is 0 Å². The van der Waals surface area contributed by atoms with E-state index in [4.69, 9.17) is 15.7 Å². The SMILES string of the molecule is N/C(=N\O)c1ccccc1OCc1cccc(F)c1. The molecule has 2 rings (SSSR count). The first-order valence-electron chi connectivity index (χ1n) is 5.65. The highest BCUT2D eigenvalue weighted by Gasteiger charge is 2.07. The van der Waals surface area contributed by atoms with Crippen LogP contribution in [0.4, 0.5) is 4.39 Å². The van der Waals surface area contributed by atoms with E-state index in [1.54, 1.807) is 36.4 Å². The van der Waals surface area contributed by atoms with Crippen molar-refractivity contribution in [3.05, 3.63) is 65.5 Å². The number of oxime groups is 1. The zero-order valence-electron chi connectivity index (χ0n) is 10.1. The molecule has 0 saturated heterocycles. The molecule has 0 amide bonds. The Hall–Kier alpha value is -2.56. The molecule has 0 aliphatic heterocycles. The van der Waals surface area contributed by atoms with Gasteiger partial charge in [-0.3, -0.25) is 0 Å². The van der Waals surface area contributed by atoms with Crippen LogP contribution in [0.5, 0.6) is 5.75 Å². The van der Waals surface area contributed by atoms with Gasteiger partial charge in [0.1, 0.15) is 18.2 Å². The summed E-state index contributed by atoms with van der Waals surface area (Å²) in [5, 5.41) is 11.6. The number of hydrogen-bond acceptors (Lipinski definition) is 3. The van der Waals surface area contributed by atoms with Crippen LogP contribution in [0.1, 0.15) is 11.1 Å². The van der Waals surface area contributed by atoms with Crippen molar-refractivity contribution < 1.29 is 14.3 Å². The van der Waals surface area contributed by atoms with Crippen molar-refractivity contribution in [2.24, 2.45) is 10.9 Å². The summed E-state index contributed by atoms with van der Waals surface area (Å²) in [5.74, 6) is 0.128. The monoisotopic (exact) mass is 260 g/mol. The van der Waals surface area contributed by atoms with Crippen LogP contribution < -0.4 is 10.5 Å². The zero-order valence-corrected chi connectivity index (χ0v) is 10.1. The lowest BCUT2D eigenvalue weighted by atomic mass is 10.2. The molecule has 0 unspecified atom stereocenters. The third kappa shape index (κ3) is 3.22. The zero-order chi connectivity index (χ0) is 13.7. The molecule has 0 aliphatic carbocycles. The van der Waals surface area contributed by atoms with Crippen LogP contribution in [0.2, 0.25) is 0 Å². The standard InChI is InChI=1S/C14H13FN2O2/c15-11-5-3-4-10(8-11)9-19-13-7-2-1-6-12(13)14(16)17-18/h1-8,18H,9H2,(H2,16,17). The molecule has 0 spiro atoms. The number of nitrogens with zero attached hydrogens (tertiary/aromatic N) is 1. The number of rotatable bonds is 4. The Bertz CT molecular complexity index is 600. The highest BCUT2D eigenvalue weighted by molar-refractivity contribution is 5.99. The molecular weight excluding hydrogens is 247 g/mol. The lowest BCUT2D eigenvalue weighted by Crippen LogP contribution is -2.14. The van der Waals surface area contributed by atoms with Crippen LogP contribution in [0.15, 0.2) is 53.7 Å². The Kier molecular flexibility index (Phi) is 3.97. The third-order valence-corrected chi connectivity index (χ3v) is 2.55. The summed E-state index contributed by atoms with van der Waals surface area (Å²) in [5.41, 5.74) is 6.74. The summed E-state index contributed by atoms with van der Waals surface area (Å²) in [6.45, 7) is 0.202. The molecule has 0 bridgehead atoms. The van der Waals surface area contributed by atoms with E-state index in [1.165, 1.54) is 12.1 Å². The molecule has 4 nitrogen and oxygen atoms in total. The van der Waals surface area contributed by atoms with E-state index in [9.17, 15) is 4.39 Å². The van der Waals surface area contributed by atoms with Gasteiger partial charge in [-0.05, 0) is 29.8 Å². The van der Waals surface area contributed by atoms with Crippen molar-refractivity contribution in [2.45, 2.75) is 6.61 Å². The molecule has 3 N–H and O–H groups in total. The predicted molar refractivity (Wildman–Crippen MR) is 69.7 cm³/mol. The summed E-state index contributed by atoms with van der Waals surface area (Å²) < 4.78 is 18.6. The average Bonchev–Trinajstić information content (AvgIpc) is 2.45. The van der Waals surface area contributed by atoms with Crippen LogP contribution in [0.3, 0.4) is 0 Å². The van der Waals surface area contributed by atoms with Gasteiger partial charge in [-0.1, -0.05) is 29.4 Å². The average molecular weight is 260 g/mol. The molecule has 0 aliphatic rings. The summed E-state index contributed by atoms with van der Waals surface area (Å²) in [6.07, 6.45) is 0. The first kappa shape index (κ1) is 12.9. The minimum atomic E-state index is -0.314. The highest BCUT2D eigenvalue weighted by Crippen LogP contribution is 2.19. The minimum absolute atomic E-state index is 0.0326. The fourth-order valence-electron chi connectivity index (χ4n) is 1.65. The molecule has 0 radical (unpaired) electrons. The maximum Gasteiger partial charge on any atom is 0.173 e. The van der Waals surface area contributed by atoms with Gasteiger partial charge in [0, 0.05) is 0 Å². The number of benzene rings is 2. The molecule has 0 aromatic heterocycles. The van der Waals surface area contributed by atoms with Gasteiger partial charge in [0.15, 0.2) is 5.84 Å². The lowest BCUT2D eigenvalue weighted by Gasteiger charge is -2.10. The van der Waals surface area contributed by atoms with Gasteiger partial charge in [-0.2, -0.15) is 0 Å². The largest absolute Gasteiger partial charge is 0.488 e. The maximum atomic E-state index is 13.0. The normalized spacial score (nSPS) is 11.3. The topological polar surface area (TPSA) is 67.8 Å². The van der Waals surface area contributed by atoms with E-state index < -0.39 is 0 Å². The molecule has 0 fully saturated rings. The summed E-state index contributed by atoms with van der Waals surface area (Å²) >= 11 is 0. The van der Waals surface area contributed by atoms with Crippen LogP contribution in [-0.4, -0.2) is 11.0 Å². The van der Waals surface area contributed by atoms with Crippen molar-refractivity contribution in [1.82, 2.24) is 0 Å². The first-order valence-corrected chi connectivity index (χ1v) is 5.65. The number of hydrogen-bond donors (Lipinski definition) is 2. The van der Waals surface area contributed by atoms with Crippen LogP contribution in [0, 0.1) is 5.82 Å². The summed E-state index contributed by atoms with van der Waals surface area (Å²) in [6, 6.07) is 13.0. The fourth-order valence-corrected chi connectivity index (χ4v) is 1.65. The molecule has 19 heavy (non-hydrogen) atoms. The summed E-state index contributed by atoms with van der Waals surface area (Å²) in [7, 11) is 0. The lowest BCUT2D eigenvalue weighted by molar-refractivity contribution is 0.302. The Morgan fingerprint density at radius 3 is 2.74 bits per heavy atom. The van der Waals surface area contributed by atoms with Crippen LogP contribution in [-0.2, 0) is 6.61 Å². The van der Waals surface area contributed by atoms with Crippen molar-refractivity contribution >= 4 is 5.84 Å². The molecule has 2 aromatic carbocycles. The van der Waals surface area contributed by atoms with Crippen LogP contribution >= 0.6 is 0 Å². The highest BCUT2D eigenvalue weighted by atomic mass is 19.1.